The Balaban J connectivity index is 1.56. The lowest BCUT2D eigenvalue weighted by Gasteiger charge is -2.26. The summed E-state index contributed by atoms with van der Waals surface area (Å²) in [6, 6.07) is 11.2. The maximum atomic E-state index is 12.7. The van der Waals surface area contributed by atoms with Gasteiger partial charge < -0.3 is 9.47 Å². The Kier molecular flexibility index (Phi) is 7.26. The number of rotatable bonds is 6. The minimum Gasteiger partial charge on any atom is -0.483 e. The highest BCUT2D eigenvalue weighted by atomic mass is 32.2. The Labute approximate surface area is 181 Å². The number of aryl methyl sites for hydroxylation is 2. The van der Waals surface area contributed by atoms with Gasteiger partial charge in [0.05, 0.1) is 18.1 Å². The van der Waals surface area contributed by atoms with Crippen LogP contribution in [0.2, 0.25) is 0 Å². The molecule has 0 saturated carbocycles. The molecule has 2 amide bonds. The van der Waals surface area contributed by atoms with Crippen LogP contribution in [0.15, 0.2) is 47.4 Å². The molecule has 2 aromatic rings. The van der Waals surface area contributed by atoms with Crippen LogP contribution in [-0.4, -0.2) is 57.4 Å². The largest absolute Gasteiger partial charge is 0.483 e. The van der Waals surface area contributed by atoms with E-state index in [1.54, 1.807) is 6.07 Å². The van der Waals surface area contributed by atoms with Crippen LogP contribution in [0.5, 0.6) is 5.75 Å². The van der Waals surface area contributed by atoms with Crippen molar-refractivity contribution in [2.75, 3.05) is 32.9 Å². The van der Waals surface area contributed by atoms with Crippen LogP contribution in [0.4, 0.5) is 0 Å². The first-order valence-electron chi connectivity index (χ1n) is 9.74. The van der Waals surface area contributed by atoms with Gasteiger partial charge in [-0.3, -0.25) is 20.4 Å². The number of benzene rings is 2. The van der Waals surface area contributed by atoms with Crippen LogP contribution in [-0.2, 0) is 19.6 Å². The second-order valence-electron chi connectivity index (χ2n) is 7.10. The SMILES string of the molecule is Cc1ccc(OCC(=O)NNC(=O)c2cccc(S(=O)(=O)N3CCOCC3)c2)c(C)c1. The number of nitrogens with one attached hydrogen (secondary N) is 2. The molecule has 0 unspecified atom stereocenters. The first kappa shape index (κ1) is 22.7. The first-order chi connectivity index (χ1) is 14.8. The number of carbonyl (C=O) groups is 2. The van der Waals surface area contributed by atoms with Crippen molar-refractivity contribution in [1.82, 2.24) is 15.2 Å². The van der Waals surface area contributed by atoms with E-state index in [4.69, 9.17) is 9.47 Å². The van der Waals surface area contributed by atoms with E-state index in [-0.39, 0.29) is 30.2 Å². The lowest BCUT2D eigenvalue weighted by Crippen LogP contribution is -2.44. The molecule has 0 spiro atoms. The quantitative estimate of drug-likeness (QED) is 0.643. The fraction of sp³-hybridized carbons (Fsp3) is 0.333. The Morgan fingerprint density at radius 1 is 1.06 bits per heavy atom. The third-order valence-electron chi connectivity index (χ3n) is 4.71. The number of amides is 2. The summed E-state index contributed by atoms with van der Waals surface area (Å²) in [5, 5.41) is 0. The molecule has 166 valence electrons. The van der Waals surface area contributed by atoms with Gasteiger partial charge in [-0.05, 0) is 43.7 Å². The third kappa shape index (κ3) is 5.81. The highest BCUT2D eigenvalue weighted by Gasteiger charge is 2.26. The van der Waals surface area contributed by atoms with Gasteiger partial charge in [0.2, 0.25) is 10.0 Å². The summed E-state index contributed by atoms with van der Waals surface area (Å²) in [6.07, 6.45) is 0. The van der Waals surface area contributed by atoms with Crippen molar-refractivity contribution in [3.8, 4) is 5.75 Å². The summed E-state index contributed by atoms with van der Waals surface area (Å²) in [6.45, 7) is 4.73. The number of morpholine rings is 1. The fourth-order valence-corrected chi connectivity index (χ4v) is 4.53. The summed E-state index contributed by atoms with van der Waals surface area (Å²) in [7, 11) is -3.73. The van der Waals surface area contributed by atoms with E-state index < -0.39 is 21.8 Å². The normalized spacial score (nSPS) is 14.6. The molecule has 1 aliphatic rings. The second kappa shape index (κ2) is 9.90. The van der Waals surface area contributed by atoms with Crippen LogP contribution in [0.25, 0.3) is 0 Å². The minimum atomic E-state index is -3.73. The lowest BCUT2D eigenvalue weighted by atomic mass is 10.1. The van der Waals surface area contributed by atoms with E-state index in [1.807, 2.05) is 26.0 Å². The summed E-state index contributed by atoms with van der Waals surface area (Å²) in [4.78, 5) is 24.4. The molecule has 3 rings (SSSR count). The molecule has 9 nitrogen and oxygen atoms in total. The van der Waals surface area contributed by atoms with Crippen LogP contribution in [0.1, 0.15) is 21.5 Å². The van der Waals surface area contributed by atoms with E-state index in [0.29, 0.717) is 19.0 Å². The molecule has 1 saturated heterocycles. The Morgan fingerprint density at radius 2 is 1.81 bits per heavy atom. The maximum Gasteiger partial charge on any atom is 0.276 e. The van der Waals surface area contributed by atoms with Gasteiger partial charge in [-0.15, -0.1) is 0 Å². The van der Waals surface area contributed by atoms with Crippen molar-refractivity contribution in [1.29, 1.82) is 0 Å². The van der Waals surface area contributed by atoms with Crippen molar-refractivity contribution >= 4 is 21.8 Å². The van der Waals surface area contributed by atoms with Gasteiger partial charge >= 0.3 is 0 Å². The van der Waals surface area contributed by atoms with E-state index in [2.05, 4.69) is 10.9 Å². The van der Waals surface area contributed by atoms with Gasteiger partial charge in [0.15, 0.2) is 6.61 Å². The first-order valence-corrected chi connectivity index (χ1v) is 11.2. The molecule has 2 N–H and O–H groups in total. The van der Waals surface area contributed by atoms with Gasteiger partial charge in [-0.25, -0.2) is 8.42 Å². The number of hydrazine groups is 1. The zero-order valence-electron chi connectivity index (χ0n) is 17.4. The number of sulfonamides is 1. The molecule has 2 aromatic carbocycles. The zero-order valence-corrected chi connectivity index (χ0v) is 18.2. The smallest absolute Gasteiger partial charge is 0.276 e. The topological polar surface area (TPSA) is 114 Å². The van der Waals surface area contributed by atoms with Crippen LogP contribution in [0.3, 0.4) is 0 Å². The van der Waals surface area contributed by atoms with E-state index in [0.717, 1.165) is 11.1 Å². The third-order valence-corrected chi connectivity index (χ3v) is 6.60. The number of hydrogen-bond acceptors (Lipinski definition) is 6. The zero-order chi connectivity index (χ0) is 22.4. The molecule has 0 aliphatic carbocycles. The van der Waals surface area contributed by atoms with Gasteiger partial charge in [0, 0.05) is 18.7 Å². The minimum absolute atomic E-state index is 0.00607. The Hall–Kier alpha value is -2.95. The molecule has 0 atom stereocenters. The molecular formula is C21H25N3O6S. The maximum absolute atomic E-state index is 12.7. The van der Waals surface area contributed by atoms with Crippen LogP contribution >= 0.6 is 0 Å². The standard InChI is InChI=1S/C21H25N3O6S/c1-15-6-7-19(16(2)12-15)30-14-20(25)22-23-21(26)17-4-3-5-18(13-17)31(27,28)24-8-10-29-11-9-24/h3-7,12-13H,8-11,14H2,1-2H3,(H,22,25)(H,23,26). The Morgan fingerprint density at radius 3 is 2.52 bits per heavy atom. The highest BCUT2D eigenvalue weighted by molar-refractivity contribution is 7.89. The molecule has 0 aromatic heterocycles. The van der Waals surface area contributed by atoms with E-state index >= 15 is 0 Å². The number of nitrogens with zero attached hydrogens (tertiary/aromatic N) is 1. The van der Waals surface area contributed by atoms with Crippen molar-refractivity contribution in [2.45, 2.75) is 18.7 Å². The summed E-state index contributed by atoms with van der Waals surface area (Å²) >= 11 is 0. The van der Waals surface area contributed by atoms with Crippen LogP contribution in [0, 0.1) is 13.8 Å². The molecule has 10 heteroatoms. The molecular weight excluding hydrogens is 422 g/mol. The monoisotopic (exact) mass is 447 g/mol. The molecule has 1 fully saturated rings. The predicted octanol–water partition coefficient (Wildman–Crippen LogP) is 1.16. The van der Waals surface area contributed by atoms with E-state index in [9.17, 15) is 18.0 Å². The van der Waals surface area contributed by atoms with Crippen molar-refractivity contribution < 1.29 is 27.5 Å². The molecule has 1 heterocycles. The van der Waals surface area contributed by atoms with Gasteiger partial charge in [-0.2, -0.15) is 4.31 Å². The number of ether oxygens (including phenoxy) is 2. The molecule has 0 radical (unpaired) electrons. The number of hydrogen-bond donors (Lipinski definition) is 2. The summed E-state index contributed by atoms with van der Waals surface area (Å²) in [5.74, 6) is -0.614. The molecule has 0 bridgehead atoms. The van der Waals surface area contributed by atoms with Gasteiger partial charge in [-0.1, -0.05) is 23.8 Å². The van der Waals surface area contributed by atoms with Crippen LogP contribution < -0.4 is 15.6 Å². The molecule has 31 heavy (non-hydrogen) atoms. The van der Waals surface area contributed by atoms with Gasteiger partial charge in [0.25, 0.3) is 11.8 Å². The highest BCUT2D eigenvalue weighted by Crippen LogP contribution is 2.19. The predicted molar refractivity (Wildman–Crippen MR) is 113 cm³/mol. The average molecular weight is 448 g/mol. The summed E-state index contributed by atoms with van der Waals surface area (Å²) < 4.78 is 37.5. The summed E-state index contributed by atoms with van der Waals surface area (Å²) in [5.41, 5.74) is 6.62. The van der Waals surface area contributed by atoms with Crippen molar-refractivity contribution in [3.05, 3.63) is 59.2 Å². The lowest BCUT2D eigenvalue weighted by molar-refractivity contribution is -0.123. The second-order valence-corrected chi connectivity index (χ2v) is 9.04. The fourth-order valence-electron chi connectivity index (χ4n) is 3.07. The molecule has 1 aliphatic heterocycles. The number of carbonyl (C=O) groups excluding carboxylic acids is 2. The van der Waals surface area contributed by atoms with E-state index in [1.165, 1.54) is 28.6 Å². The Bertz CT molecular complexity index is 1060. The average Bonchev–Trinajstić information content (AvgIpc) is 2.77. The van der Waals surface area contributed by atoms with Crippen molar-refractivity contribution in [2.24, 2.45) is 0 Å². The van der Waals surface area contributed by atoms with Crippen molar-refractivity contribution in [3.63, 3.8) is 0 Å². The van der Waals surface area contributed by atoms with Gasteiger partial charge in [0.1, 0.15) is 5.75 Å².